The number of rotatable bonds is 5. The molecule has 1 fully saturated rings. The van der Waals surface area contributed by atoms with Crippen molar-refractivity contribution in [2.45, 2.75) is 19.3 Å². The second-order valence-corrected chi connectivity index (χ2v) is 4.23. The van der Waals surface area contributed by atoms with Crippen LogP contribution in [-0.4, -0.2) is 43.3 Å². The normalized spacial score (nSPS) is 15.9. The minimum absolute atomic E-state index is 0.684. The Morgan fingerprint density at radius 1 is 1.29 bits per heavy atom. The number of nitrogens with zero attached hydrogens (tertiary/aromatic N) is 3. The Kier molecular flexibility index (Phi) is 4.55. The first-order chi connectivity index (χ1) is 8.40. The molecule has 0 amide bonds. The first-order valence-corrected chi connectivity index (χ1v) is 6.20. The summed E-state index contributed by atoms with van der Waals surface area (Å²) in [4.78, 5) is 10.9. The van der Waals surface area contributed by atoms with Gasteiger partial charge in [0.1, 0.15) is 18.0 Å². The van der Waals surface area contributed by atoms with Gasteiger partial charge in [-0.3, -0.25) is 0 Å². The number of anilines is 2. The Morgan fingerprint density at radius 3 is 2.88 bits per heavy atom. The fourth-order valence-electron chi connectivity index (χ4n) is 2.02. The lowest BCUT2D eigenvalue weighted by molar-refractivity contribution is 0.210. The van der Waals surface area contributed by atoms with E-state index in [1.165, 1.54) is 19.3 Å². The van der Waals surface area contributed by atoms with Crippen LogP contribution in [0.2, 0.25) is 0 Å². The third-order valence-corrected chi connectivity index (χ3v) is 2.95. The second-order valence-electron chi connectivity index (χ2n) is 4.23. The van der Waals surface area contributed by atoms with Crippen LogP contribution in [0.1, 0.15) is 19.3 Å². The molecule has 2 heterocycles. The van der Waals surface area contributed by atoms with E-state index in [0.29, 0.717) is 6.61 Å². The molecule has 0 atom stereocenters. The van der Waals surface area contributed by atoms with Crippen LogP contribution in [-0.2, 0) is 4.74 Å². The maximum atomic E-state index is 4.99. The van der Waals surface area contributed by atoms with Gasteiger partial charge in [0.05, 0.1) is 6.61 Å². The van der Waals surface area contributed by atoms with Gasteiger partial charge in [-0.2, -0.15) is 0 Å². The Labute approximate surface area is 102 Å². The van der Waals surface area contributed by atoms with Gasteiger partial charge in [-0.25, -0.2) is 9.97 Å². The molecule has 5 nitrogen and oxygen atoms in total. The topological polar surface area (TPSA) is 50.3 Å². The average molecular weight is 236 g/mol. The Balaban J connectivity index is 1.95. The van der Waals surface area contributed by atoms with E-state index in [1.54, 1.807) is 13.4 Å². The van der Waals surface area contributed by atoms with Crippen LogP contribution >= 0.6 is 0 Å². The lowest BCUT2D eigenvalue weighted by atomic mass is 10.1. The first kappa shape index (κ1) is 12.1. The summed E-state index contributed by atoms with van der Waals surface area (Å²) in [5, 5.41) is 3.22. The lowest BCUT2D eigenvalue weighted by Gasteiger charge is -2.27. The summed E-state index contributed by atoms with van der Waals surface area (Å²) in [5.41, 5.74) is 0. The molecule has 0 unspecified atom stereocenters. The zero-order valence-corrected chi connectivity index (χ0v) is 10.4. The highest BCUT2D eigenvalue weighted by atomic mass is 16.5. The van der Waals surface area contributed by atoms with Crippen LogP contribution in [0.15, 0.2) is 12.4 Å². The van der Waals surface area contributed by atoms with Crippen LogP contribution in [0.5, 0.6) is 0 Å². The molecule has 1 aromatic heterocycles. The second kappa shape index (κ2) is 6.39. The molecule has 94 valence electrons. The molecular weight excluding hydrogens is 216 g/mol. The van der Waals surface area contributed by atoms with E-state index in [-0.39, 0.29) is 0 Å². The third kappa shape index (κ3) is 3.56. The molecule has 0 spiro atoms. The van der Waals surface area contributed by atoms with Crippen molar-refractivity contribution in [3.63, 3.8) is 0 Å². The van der Waals surface area contributed by atoms with Crippen molar-refractivity contribution in [2.75, 3.05) is 43.6 Å². The number of piperidine rings is 1. The van der Waals surface area contributed by atoms with Crippen molar-refractivity contribution >= 4 is 11.6 Å². The fraction of sp³-hybridized carbons (Fsp3) is 0.667. The Morgan fingerprint density at radius 2 is 2.12 bits per heavy atom. The zero-order valence-electron chi connectivity index (χ0n) is 10.4. The van der Waals surface area contributed by atoms with E-state index in [0.717, 1.165) is 31.3 Å². The lowest BCUT2D eigenvalue weighted by Crippen LogP contribution is -2.30. The van der Waals surface area contributed by atoms with Crippen LogP contribution in [0.25, 0.3) is 0 Å². The smallest absolute Gasteiger partial charge is 0.134 e. The minimum Gasteiger partial charge on any atom is -0.383 e. The molecule has 0 saturated carbocycles. The number of aromatic nitrogens is 2. The van der Waals surface area contributed by atoms with Gasteiger partial charge in [0.15, 0.2) is 0 Å². The van der Waals surface area contributed by atoms with Gasteiger partial charge in [-0.1, -0.05) is 0 Å². The van der Waals surface area contributed by atoms with Crippen molar-refractivity contribution in [2.24, 2.45) is 0 Å². The predicted octanol–water partition coefficient (Wildman–Crippen LogP) is 1.53. The average Bonchev–Trinajstić information content (AvgIpc) is 2.41. The van der Waals surface area contributed by atoms with E-state index in [4.69, 9.17) is 4.74 Å². The molecule has 1 aliphatic rings. The quantitative estimate of drug-likeness (QED) is 0.786. The zero-order chi connectivity index (χ0) is 11.9. The monoisotopic (exact) mass is 236 g/mol. The number of nitrogens with one attached hydrogen (secondary N) is 1. The Bertz CT molecular complexity index is 339. The summed E-state index contributed by atoms with van der Waals surface area (Å²) in [6.07, 6.45) is 5.48. The van der Waals surface area contributed by atoms with Crippen LogP contribution in [0.3, 0.4) is 0 Å². The standard InChI is InChI=1S/C12H20N4O/c1-17-8-5-13-11-9-12(15-10-14-11)16-6-3-2-4-7-16/h9-10H,2-8H2,1H3,(H,13,14,15). The summed E-state index contributed by atoms with van der Waals surface area (Å²) >= 11 is 0. The minimum atomic E-state index is 0.684. The van der Waals surface area contributed by atoms with Crippen LogP contribution in [0.4, 0.5) is 11.6 Å². The molecule has 0 radical (unpaired) electrons. The van der Waals surface area contributed by atoms with E-state index in [2.05, 4.69) is 20.2 Å². The Hall–Kier alpha value is -1.36. The molecule has 1 N–H and O–H groups in total. The summed E-state index contributed by atoms with van der Waals surface area (Å²) < 4.78 is 4.99. The van der Waals surface area contributed by atoms with Gasteiger partial charge in [-0.15, -0.1) is 0 Å². The number of hydrogen-bond donors (Lipinski definition) is 1. The van der Waals surface area contributed by atoms with Crippen molar-refractivity contribution in [1.29, 1.82) is 0 Å². The maximum Gasteiger partial charge on any atom is 0.134 e. The highest BCUT2D eigenvalue weighted by Gasteiger charge is 2.12. The predicted molar refractivity (Wildman–Crippen MR) is 68.5 cm³/mol. The molecule has 0 aliphatic carbocycles. The largest absolute Gasteiger partial charge is 0.383 e. The molecule has 0 bridgehead atoms. The van der Waals surface area contributed by atoms with Crippen LogP contribution < -0.4 is 10.2 Å². The van der Waals surface area contributed by atoms with Gasteiger partial charge >= 0.3 is 0 Å². The molecule has 1 aliphatic heterocycles. The summed E-state index contributed by atoms with van der Waals surface area (Å²) in [6.45, 7) is 3.67. The van der Waals surface area contributed by atoms with Gasteiger partial charge in [0.25, 0.3) is 0 Å². The fourth-order valence-corrected chi connectivity index (χ4v) is 2.02. The molecule has 1 aromatic rings. The third-order valence-electron chi connectivity index (χ3n) is 2.95. The van der Waals surface area contributed by atoms with Crippen LogP contribution in [0, 0.1) is 0 Å². The molecule has 1 saturated heterocycles. The first-order valence-electron chi connectivity index (χ1n) is 6.20. The molecule has 0 aromatic carbocycles. The van der Waals surface area contributed by atoms with E-state index < -0.39 is 0 Å². The summed E-state index contributed by atoms with van der Waals surface area (Å²) in [5.74, 6) is 1.90. The highest BCUT2D eigenvalue weighted by molar-refractivity contribution is 5.48. The SMILES string of the molecule is COCCNc1cc(N2CCCCC2)ncn1. The van der Waals surface area contributed by atoms with Crippen molar-refractivity contribution in [1.82, 2.24) is 9.97 Å². The van der Waals surface area contributed by atoms with Gasteiger partial charge in [0.2, 0.25) is 0 Å². The highest BCUT2D eigenvalue weighted by Crippen LogP contribution is 2.18. The maximum absolute atomic E-state index is 4.99. The molecular formula is C12H20N4O. The van der Waals surface area contributed by atoms with Crippen molar-refractivity contribution in [3.05, 3.63) is 12.4 Å². The number of ether oxygens (including phenoxy) is 1. The van der Waals surface area contributed by atoms with Gasteiger partial charge in [-0.05, 0) is 19.3 Å². The molecule has 2 rings (SSSR count). The summed E-state index contributed by atoms with van der Waals surface area (Å²) in [6, 6.07) is 2.01. The molecule has 17 heavy (non-hydrogen) atoms. The number of methoxy groups -OCH3 is 1. The van der Waals surface area contributed by atoms with Crippen molar-refractivity contribution < 1.29 is 4.74 Å². The van der Waals surface area contributed by atoms with E-state index >= 15 is 0 Å². The van der Waals surface area contributed by atoms with E-state index in [1.807, 2.05) is 6.07 Å². The number of hydrogen-bond acceptors (Lipinski definition) is 5. The van der Waals surface area contributed by atoms with Crippen molar-refractivity contribution in [3.8, 4) is 0 Å². The summed E-state index contributed by atoms with van der Waals surface area (Å²) in [7, 11) is 1.70. The van der Waals surface area contributed by atoms with E-state index in [9.17, 15) is 0 Å². The van der Waals surface area contributed by atoms with Gasteiger partial charge in [0, 0.05) is 32.8 Å². The van der Waals surface area contributed by atoms with Gasteiger partial charge < -0.3 is 15.0 Å². The molecule has 5 heteroatoms.